The number of nitrogens with zero attached hydrogens (tertiary/aromatic N) is 2. The van der Waals surface area contributed by atoms with Crippen LogP contribution in [0.25, 0.3) is 0 Å². The van der Waals surface area contributed by atoms with Crippen molar-refractivity contribution in [3.05, 3.63) is 47.5 Å². The number of likely N-dealkylation sites (tertiary alicyclic amines) is 1. The van der Waals surface area contributed by atoms with Gasteiger partial charge in [0.2, 0.25) is 11.8 Å². The van der Waals surface area contributed by atoms with Crippen molar-refractivity contribution in [2.45, 2.75) is 38.0 Å². The lowest BCUT2D eigenvalue weighted by molar-refractivity contribution is -0.137. The SMILES string of the molecule is COCC(=O)Nc1cn[nH]c1C1CCCN(C(=O)C(C)(C)c2ccc(F)cc2)C1. The highest BCUT2D eigenvalue weighted by Gasteiger charge is 2.37. The van der Waals surface area contributed by atoms with Gasteiger partial charge in [-0.2, -0.15) is 5.10 Å². The lowest BCUT2D eigenvalue weighted by atomic mass is 9.82. The lowest BCUT2D eigenvalue weighted by Crippen LogP contribution is -2.47. The Hall–Kier alpha value is -2.74. The molecule has 0 aliphatic carbocycles. The minimum atomic E-state index is -0.765. The third kappa shape index (κ3) is 4.64. The number of hydrogen-bond donors (Lipinski definition) is 2. The van der Waals surface area contributed by atoms with Crippen LogP contribution in [0.2, 0.25) is 0 Å². The number of hydrogen-bond acceptors (Lipinski definition) is 4. The predicted molar refractivity (Wildman–Crippen MR) is 107 cm³/mol. The molecule has 1 saturated heterocycles. The van der Waals surface area contributed by atoms with Crippen molar-refractivity contribution in [2.24, 2.45) is 0 Å². The molecule has 2 N–H and O–H groups in total. The summed E-state index contributed by atoms with van der Waals surface area (Å²) in [6, 6.07) is 6.08. The maximum absolute atomic E-state index is 13.3. The van der Waals surface area contributed by atoms with Crippen LogP contribution >= 0.6 is 0 Å². The monoisotopic (exact) mass is 402 g/mol. The summed E-state index contributed by atoms with van der Waals surface area (Å²) < 4.78 is 18.1. The Morgan fingerprint density at radius 1 is 1.34 bits per heavy atom. The average molecular weight is 402 g/mol. The van der Waals surface area contributed by atoms with Crippen LogP contribution in [0.5, 0.6) is 0 Å². The number of H-pyrrole nitrogens is 1. The van der Waals surface area contributed by atoms with E-state index in [0.717, 1.165) is 24.1 Å². The molecule has 1 aliphatic rings. The van der Waals surface area contributed by atoms with E-state index in [0.29, 0.717) is 18.8 Å². The van der Waals surface area contributed by atoms with E-state index >= 15 is 0 Å². The van der Waals surface area contributed by atoms with Gasteiger partial charge in [0, 0.05) is 26.1 Å². The first-order chi connectivity index (χ1) is 13.8. The van der Waals surface area contributed by atoms with Gasteiger partial charge in [0.1, 0.15) is 12.4 Å². The molecule has 7 nitrogen and oxygen atoms in total. The van der Waals surface area contributed by atoms with E-state index in [9.17, 15) is 14.0 Å². The van der Waals surface area contributed by atoms with Crippen LogP contribution in [0.3, 0.4) is 0 Å². The topological polar surface area (TPSA) is 87.3 Å². The molecule has 0 spiro atoms. The molecule has 29 heavy (non-hydrogen) atoms. The molecule has 2 heterocycles. The average Bonchev–Trinajstić information content (AvgIpc) is 3.16. The zero-order chi connectivity index (χ0) is 21.0. The summed E-state index contributed by atoms with van der Waals surface area (Å²) in [6.07, 6.45) is 3.31. The van der Waals surface area contributed by atoms with Crippen LogP contribution < -0.4 is 5.32 Å². The molecule has 1 unspecified atom stereocenters. The van der Waals surface area contributed by atoms with E-state index in [1.54, 1.807) is 18.3 Å². The molecule has 1 aliphatic heterocycles. The Bertz CT molecular complexity index is 863. The molecule has 2 amide bonds. The van der Waals surface area contributed by atoms with Gasteiger partial charge in [-0.1, -0.05) is 12.1 Å². The van der Waals surface area contributed by atoms with Gasteiger partial charge >= 0.3 is 0 Å². The van der Waals surface area contributed by atoms with Gasteiger partial charge in [-0.3, -0.25) is 14.7 Å². The van der Waals surface area contributed by atoms with E-state index < -0.39 is 5.41 Å². The lowest BCUT2D eigenvalue weighted by Gasteiger charge is -2.37. The van der Waals surface area contributed by atoms with E-state index in [2.05, 4.69) is 15.5 Å². The Kier molecular flexibility index (Phi) is 6.32. The zero-order valence-corrected chi connectivity index (χ0v) is 17.0. The number of carbonyl (C=O) groups is 2. The number of methoxy groups -OCH3 is 1. The molecule has 1 atom stereocenters. The fourth-order valence-corrected chi connectivity index (χ4v) is 3.81. The summed E-state index contributed by atoms with van der Waals surface area (Å²) in [5.41, 5.74) is 1.44. The molecular formula is C21H27FN4O3. The predicted octanol–water partition coefficient (Wildman–Crippen LogP) is 2.82. The van der Waals surface area contributed by atoms with Crippen LogP contribution in [-0.2, 0) is 19.7 Å². The number of amides is 2. The molecule has 2 aromatic rings. The quantitative estimate of drug-likeness (QED) is 0.778. The molecule has 1 fully saturated rings. The van der Waals surface area contributed by atoms with E-state index in [-0.39, 0.29) is 30.2 Å². The number of anilines is 1. The summed E-state index contributed by atoms with van der Waals surface area (Å²) in [4.78, 5) is 27.0. The number of ether oxygens (including phenoxy) is 1. The molecule has 0 radical (unpaired) electrons. The van der Waals surface area contributed by atoms with Gasteiger partial charge in [-0.15, -0.1) is 0 Å². The third-order valence-corrected chi connectivity index (χ3v) is 5.44. The number of piperidine rings is 1. The van der Waals surface area contributed by atoms with Gasteiger partial charge in [0.15, 0.2) is 0 Å². The van der Waals surface area contributed by atoms with Gasteiger partial charge < -0.3 is 15.0 Å². The minimum absolute atomic E-state index is 0.00158. The van der Waals surface area contributed by atoms with Gasteiger partial charge in [0.25, 0.3) is 0 Å². The van der Waals surface area contributed by atoms with Crippen LogP contribution in [0.1, 0.15) is 43.9 Å². The smallest absolute Gasteiger partial charge is 0.250 e. The zero-order valence-electron chi connectivity index (χ0n) is 17.0. The minimum Gasteiger partial charge on any atom is -0.375 e. The molecule has 1 aromatic heterocycles. The number of nitrogens with one attached hydrogen (secondary N) is 2. The van der Waals surface area contributed by atoms with Crippen molar-refractivity contribution in [3.63, 3.8) is 0 Å². The molecule has 0 saturated carbocycles. The first-order valence-corrected chi connectivity index (χ1v) is 9.70. The highest BCUT2D eigenvalue weighted by molar-refractivity contribution is 5.92. The summed E-state index contributed by atoms with van der Waals surface area (Å²) in [6.45, 7) is 4.88. The second kappa shape index (κ2) is 8.73. The summed E-state index contributed by atoms with van der Waals surface area (Å²) in [7, 11) is 1.46. The Morgan fingerprint density at radius 2 is 2.07 bits per heavy atom. The van der Waals surface area contributed by atoms with E-state index in [1.165, 1.54) is 19.2 Å². The summed E-state index contributed by atoms with van der Waals surface area (Å²) >= 11 is 0. The fraction of sp³-hybridized carbons (Fsp3) is 0.476. The maximum atomic E-state index is 13.3. The second-order valence-electron chi connectivity index (χ2n) is 7.90. The number of benzene rings is 1. The highest BCUT2D eigenvalue weighted by Crippen LogP contribution is 2.33. The Balaban J connectivity index is 1.74. The van der Waals surface area contributed by atoms with Crippen LogP contribution in [0, 0.1) is 5.82 Å². The van der Waals surface area contributed by atoms with Crippen molar-refractivity contribution in [1.29, 1.82) is 0 Å². The molecule has 8 heteroatoms. The normalized spacial score (nSPS) is 17.2. The first kappa shape index (κ1) is 21.0. The van der Waals surface area contributed by atoms with Crippen molar-refractivity contribution < 1.29 is 18.7 Å². The van der Waals surface area contributed by atoms with Crippen LogP contribution in [-0.4, -0.2) is 53.7 Å². The van der Waals surface area contributed by atoms with Crippen molar-refractivity contribution in [1.82, 2.24) is 15.1 Å². The standard InChI is InChI=1S/C21H27FN4O3/c1-21(2,15-6-8-16(22)9-7-15)20(28)26-10-4-5-14(12-26)19-17(11-23-25-19)24-18(27)13-29-3/h6-9,11,14H,4-5,10,12-13H2,1-3H3,(H,23,25)(H,24,27). The number of aromatic nitrogens is 2. The maximum Gasteiger partial charge on any atom is 0.250 e. The third-order valence-electron chi connectivity index (χ3n) is 5.44. The van der Waals surface area contributed by atoms with E-state index in [4.69, 9.17) is 4.74 Å². The van der Waals surface area contributed by atoms with Gasteiger partial charge in [-0.05, 0) is 44.4 Å². The number of halogens is 1. The summed E-state index contributed by atoms with van der Waals surface area (Å²) in [5, 5.41) is 9.84. The number of aromatic amines is 1. The van der Waals surface area contributed by atoms with Crippen LogP contribution in [0.15, 0.2) is 30.5 Å². The van der Waals surface area contributed by atoms with Crippen LogP contribution in [0.4, 0.5) is 10.1 Å². The molecule has 0 bridgehead atoms. The Morgan fingerprint density at radius 3 is 2.76 bits per heavy atom. The molecule has 1 aromatic carbocycles. The largest absolute Gasteiger partial charge is 0.375 e. The number of rotatable bonds is 6. The van der Waals surface area contributed by atoms with Crippen molar-refractivity contribution in [2.75, 3.05) is 32.1 Å². The Labute approximate surface area is 169 Å². The van der Waals surface area contributed by atoms with Gasteiger partial charge in [0.05, 0.1) is 23.0 Å². The molecule has 156 valence electrons. The highest BCUT2D eigenvalue weighted by atomic mass is 19.1. The van der Waals surface area contributed by atoms with Gasteiger partial charge in [-0.25, -0.2) is 4.39 Å². The van der Waals surface area contributed by atoms with Crippen molar-refractivity contribution in [3.8, 4) is 0 Å². The van der Waals surface area contributed by atoms with Crippen molar-refractivity contribution >= 4 is 17.5 Å². The first-order valence-electron chi connectivity index (χ1n) is 9.70. The second-order valence-corrected chi connectivity index (χ2v) is 7.90. The summed E-state index contributed by atoms with van der Waals surface area (Å²) in [5.74, 6) is -0.538. The number of carbonyl (C=O) groups excluding carboxylic acids is 2. The molecular weight excluding hydrogens is 375 g/mol. The van der Waals surface area contributed by atoms with E-state index in [1.807, 2.05) is 18.7 Å². The fourth-order valence-electron chi connectivity index (χ4n) is 3.81. The molecule has 3 rings (SSSR count).